The van der Waals surface area contributed by atoms with Crippen molar-refractivity contribution in [3.05, 3.63) is 53.2 Å². The number of nitrogens with zero attached hydrogens (tertiary/aromatic N) is 1. The molecule has 2 aromatic rings. The third-order valence-corrected chi connectivity index (χ3v) is 4.25. The van der Waals surface area contributed by atoms with E-state index in [1.165, 1.54) is 6.07 Å². The minimum absolute atomic E-state index is 0.0771. The number of carbonyl (C=O) groups is 1. The van der Waals surface area contributed by atoms with Crippen molar-refractivity contribution in [1.29, 1.82) is 0 Å². The molecule has 5 nitrogen and oxygen atoms in total. The monoisotopic (exact) mass is 346 g/mol. The van der Waals surface area contributed by atoms with Crippen LogP contribution in [0.1, 0.15) is 23.5 Å². The van der Waals surface area contributed by atoms with Crippen molar-refractivity contribution in [3.8, 4) is 0 Å². The van der Waals surface area contributed by atoms with Crippen molar-refractivity contribution in [2.24, 2.45) is 0 Å². The first kappa shape index (κ1) is 17.5. The number of aryl methyl sites for hydroxylation is 2. The molecule has 3 rings (SSSR count). The molecule has 1 aliphatic rings. The second kappa shape index (κ2) is 8.16. The maximum Gasteiger partial charge on any atom is 0.220 e. The van der Waals surface area contributed by atoms with Crippen LogP contribution in [0, 0.1) is 12.7 Å². The third kappa shape index (κ3) is 4.82. The molecule has 134 valence electrons. The third-order valence-electron chi connectivity index (χ3n) is 4.25. The maximum absolute atomic E-state index is 14.3. The van der Waals surface area contributed by atoms with Gasteiger partial charge in [0.15, 0.2) is 0 Å². The Balaban J connectivity index is 1.49. The van der Waals surface area contributed by atoms with Crippen LogP contribution < -0.4 is 10.2 Å². The number of carbonyl (C=O) groups excluding carboxylic acids is 1. The fraction of sp³-hybridized carbons (Fsp3) is 0.421. The summed E-state index contributed by atoms with van der Waals surface area (Å²) in [6.45, 7) is 4.81. The number of anilines is 1. The number of benzene rings is 1. The van der Waals surface area contributed by atoms with Crippen molar-refractivity contribution >= 4 is 11.6 Å². The van der Waals surface area contributed by atoms with E-state index in [9.17, 15) is 9.18 Å². The topological polar surface area (TPSA) is 54.7 Å². The number of halogens is 1. The molecule has 0 saturated carbocycles. The highest BCUT2D eigenvalue weighted by Crippen LogP contribution is 2.21. The van der Waals surface area contributed by atoms with E-state index < -0.39 is 0 Å². The molecular formula is C19H23FN2O3. The van der Waals surface area contributed by atoms with Crippen LogP contribution >= 0.6 is 0 Å². The number of amides is 1. The Labute approximate surface area is 146 Å². The standard InChI is InChI=1S/C19H23FN2O3/c1-14-2-4-16(25-14)5-7-19(23)21-13-15-3-6-18(17(20)12-15)22-8-10-24-11-9-22/h2-4,6,12H,5,7-11,13H2,1H3,(H,21,23). The van der Waals surface area contributed by atoms with Crippen LogP contribution in [-0.4, -0.2) is 32.2 Å². The van der Waals surface area contributed by atoms with Gasteiger partial charge in [-0.15, -0.1) is 0 Å². The molecule has 2 heterocycles. The van der Waals surface area contributed by atoms with E-state index >= 15 is 0 Å². The number of nitrogens with one attached hydrogen (secondary N) is 1. The number of rotatable bonds is 6. The normalized spacial score (nSPS) is 14.6. The van der Waals surface area contributed by atoms with Gasteiger partial charge in [-0.25, -0.2) is 4.39 Å². The highest BCUT2D eigenvalue weighted by atomic mass is 19.1. The van der Waals surface area contributed by atoms with Crippen molar-refractivity contribution < 1.29 is 18.3 Å². The Morgan fingerprint density at radius 1 is 1.24 bits per heavy atom. The summed E-state index contributed by atoms with van der Waals surface area (Å²) in [5, 5.41) is 2.82. The quantitative estimate of drug-likeness (QED) is 0.874. The number of furan rings is 1. The van der Waals surface area contributed by atoms with Crippen LogP contribution in [0.5, 0.6) is 0 Å². The summed E-state index contributed by atoms with van der Waals surface area (Å²) in [5.74, 6) is 1.30. The lowest BCUT2D eigenvalue weighted by molar-refractivity contribution is -0.121. The lowest BCUT2D eigenvalue weighted by atomic mass is 10.1. The zero-order valence-electron chi connectivity index (χ0n) is 14.4. The molecule has 0 unspecified atom stereocenters. The van der Waals surface area contributed by atoms with E-state index in [0.29, 0.717) is 51.4 Å². The van der Waals surface area contributed by atoms with Gasteiger partial charge in [-0.3, -0.25) is 4.79 Å². The average Bonchev–Trinajstić information content (AvgIpc) is 3.04. The Bertz CT molecular complexity index is 723. The van der Waals surface area contributed by atoms with Crippen molar-refractivity contribution in [2.75, 3.05) is 31.2 Å². The maximum atomic E-state index is 14.3. The second-order valence-electron chi connectivity index (χ2n) is 6.17. The minimum atomic E-state index is -0.264. The van der Waals surface area contributed by atoms with Gasteiger partial charge in [0, 0.05) is 32.5 Å². The Morgan fingerprint density at radius 3 is 2.72 bits per heavy atom. The van der Waals surface area contributed by atoms with Gasteiger partial charge in [0.25, 0.3) is 0 Å². The number of hydrogen-bond acceptors (Lipinski definition) is 4. The van der Waals surface area contributed by atoms with E-state index in [1.807, 2.05) is 30.0 Å². The van der Waals surface area contributed by atoms with Gasteiger partial charge in [-0.1, -0.05) is 6.07 Å². The summed E-state index contributed by atoms with van der Waals surface area (Å²) in [6.07, 6.45) is 0.908. The van der Waals surface area contributed by atoms with Gasteiger partial charge in [-0.05, 0) is 36.8 Å². The van der Waals surface area contributed by atoms with E-state index in [-0.39, 0.29) is 11.7 Å². The zero-order chi connectivity index (χ0) is 17.6. The Morgan fingerprint density at radius 2 is 2.04 bits per heavy atom. The first-order chi connectivity index (χ1) is 12.1. The number of ether oxygens (including phenoxy) is 1. The molecule has 1 aliphatic heterocycles. The molecular weight excluding hydrogens is 323 g/mol. The van der Waals surface area contributed by atoms with Gasteiger partial charge in [0.05, 0.1) is 18.9 Å². The molecule has 0 atom stereocenters. The summed E-state index contributed by atoms with van der Waals surface area (Å²) in [5.41, 5.74) is 1.34. The Kier molecular flexibility index (Phi) is 5.71. The first-order valence-electron chi connectivity index (χ1n) is 8.55. The molecule has 1 fully saturated rings. The molecule has 1 N–H and O–H groups in total. The van der Waals surface area contributed by atoms with Crippen molar-refractivity contribution in [3.63, 3.8) is 0 Å². The van der Waals surface area contributed by atoms with Crippen molar-refractivity contribution in [2.45, 2.75) is 26.3 Å². The number of morpholine rings is 1. The molecule has 0 radical (unpaired) electrons. The predicted molar refractivity (Wildman–Crippen MR) is 93.0 cm³/mol. The summed E-state index contributed by atoms with van der Waals surface area (Å²) in [4.78, 5) is 13.9. The molecule has 25 heavy (non-hydrogen) atoms. The fourth-order valence-corrected chi connectivity index (χ4v) is 2.87. The highest BCUT2D eigenvalue weighted by Gasteiger charge is 2.15. The summed E-state index contributed by atoms with van der Waals surface area (Å²) in [7, 11) is 0. The SMILES string of the molecule is Cc1ccc(CCC(=O)NCc2ccc(N3CCOCC3)c(F)c2)o1. The van der Waals surface area contributed by atoms with Crippen LogP contribution in [0.2, 0.25) is 0 Å². The second-order valence-corrected chi connectivity index (χ2v) is 6.17. The summed E-state index contributed by atoms with van der Waals surface area (Å²) >= 11 is 0. The smallest absolute Gasteiger partial charge is 0.220 e. The molecule has 6 heteroatoms. The number of hydrogen-bond donors (Lipinski definition) is 1. The molecule has 0 bridgehead atoms. The molecule has 1 saturated heterocycles. The van der Waals surface area contributed by atoms with Gasteiger partial charge < -0.3 is 19.4 Å². The Hall–Kier alpha value is -2.34. The summed E-state index contributed by atoms with van der Waals surface area (Å²) in [6, 6.07) is 8.87. The van der Waals surface area contributed by atoms with Crippen LogP contribution in [0.4, 0.5) is 10.1 Å². The highest BCUT2D eigenvalue weighted by molar-refractivity contribution is 5.76. The van der Waals surface area contributed by atoms with E-state index in [0.717, 1.165) is 17.1 Å². The van der Waals surface area contributed by atoms with Crippen LogP contribution in [0.3, 0.4) is 0 Å². The molecule has 1 aromatic carbocycles. The average molecular weight is 346 g/mol. The summed E-state index contributed by atoms with van der Waals surface area (Å²) < 4.78 is 25.1. The van der Waals surface area contributed by atoms with Gasteiger partial charge in [0.2, 0.25) is 5.91 Å². The van der Waals surface area contributed by atoms with Crippen LogP contribution in [0.25, 0.3) is 0 Å². The van der Waals surface area contributed by atoms with Gasteiger partial charge in [0.1, 0.15) is 17.3 Å². The molecule has 1 aromatic heterocycles. The van der Waals surface area contributed by atoms with Crippen LogP contribution in [0.15, 0.2) is 34.7 Å². The molecule has 0 aliphatic carbocycles. The van der Waals surface area contributed by atoms with Crippen molar-refractivity contribution in [1.82, 2.24) is 5.32 Å². The van der Waals surface area contributed by atoms with Gasteiger partial charge >= 0.3 is 0 Å². The van der Waals surface area contributed by atoms with E-state index in [4.69, 9.17) is 9.15 Å². The predicted octanol–water partition coefficient (Wildman–Crippen LogP) is 2.81. The van der Waals surface area contributed by atoms with Gasteiger partial charge in [-0.2, -0.15) is 0 Å². The van der Waals surface area contributed by atoms with E-state index in [2.05, 4.69) is 5.32 Å². The first-order valence-corrected chi connectivity index (χ1v) is 8.55. The lowest BCUT2D eigenvalue weighted by Crippen LogP contribution is -2.36. The zero-order valence-corrected chi connectivity index (χ0v) is 14.4. The fourth-order valence-electron chi connectivity index (χ4n) is 2.87. The molecule has 0 spiro atoms. The molecule has 1 amide bonds. The lowest BCUT2D eigenvalue weighted by Gasteiger charge is -2.29. The van der Waals surface area contributed by atoms with E-state index in [1.54, 1.807) is 6.07 Å². The minimum Gasteiger partial charge on any atom is -0.466 e. The largest absolute Gasteiger partial charge is 0.466 e. The van der Waals surface area contributed by atoms with Crippen LogP contribution in [-0.2, 0) is 22.5 Å².